The first kappa shape index (κ1) is 8.75. The minimum absolute atomic E-state index is 0.401. The Bertz CT molecular complexity index is 284. The summed E-state index contributed by atoms with van der Waals surface area (Å²) < 4.78 is 0. The van der Waals surface area contributed by atoms with E-state index in [2.05, 4.69) is 23.8 Å². The van der Waals surface area contributed by atoms with Crippen LogP contribution >= 0.6 is 0 Å². The molecule has 1 aliphatic rings. The maximum absolute atomic E-state index is 5.73. The van der Waals surface area contributed by atoms with Gasteiger partial charge in [0.1, 0.15) is 5.82 Å². The molecular weight excluding hydrogens is 162 g/mol. The lowest BCUT2D eigenvalue weighted by molar-refractivity contribution is 0.339. The third-order valence-electron chi connectivity index (χ3n) is 2.80. The van der Waals surface area contributed by atoms with E-state index in [1.807, 2.05) is 6.20 Å². The molecule has 3 heteroatoms. The Morgan fingerprint density at radius 1 is 1.54 bits per heavy atom. The molecule has 0 bridgehead atoms. The van der Waals surface area contributed by atoms with Crippen LogP contribution in [-0.2, 0) is 0 Å². The number of aromatic nitrogens is 2. The first-order valence-electron chi connectivity index (χ1n) is 4.97. The fourth-order valence-corrected chi connectivity index (χ4v) is 1.74. The normalized spacial score (nSPS) is 27.7. The van der Waals surface area contributed by atoms with Crippen LogP contribution in [0.3, 0.4) is 0 Å². The molecule has 0 aliphatic heterocycles. The molecule has 0 atom stereocenters. The van der Waals surface area contributed by atoms with Gasteiger partial charge in [-0.1, -0.05) is 13.8 Å². The molecule has 1 saturated carbocycles. The van der Waals surface area contributed by atoms with Crippen molar-refractivity contribution in [1.29, 1.82) is 0 Å². The van der Waals surface area contributed by atoms with Gasteiger partial charge >= 0.3 is 0 Å². The summed E-state index contributed by atoms with van der Waals surface area (Å²) in [6, 6.07) is 0.401. The largest absolute Gasteiger partial charge is 0.345 e. The molecule has 1 aliphatic carbocycles. The van der Waals surface area contributed by atoms with E-state index in [4.69, 9.17) is 5.73 Å². The lowest BCUT2D eigenvalue weighted by atomic mass is 9.80. The zero-order valence-corrected chi connectivity index (χ0v) is 8.25. The first-order chi connectivity index (χ1) is 6.16. The summed E-state index contributed by atoms with van der Waals surface area (Å²) in [4.78, 5) is 7.75. The highest BCUT2D eigenvalue weighted by molar-refractivity contribution is 5.12. The van der Waals surface area contributed by atoms with Gasteiger partial charge in [-0.25, -0.2) is 4.98 Å². The van der Waals surface area contributed by atoms with Gasteiger partial charge < -0.3 is 10.7 Å². The number of imidazole rings is 1. The highest BCUT2D eigenvalue weighted by Gasteiger charge is 2.29. The zero-order valence-electron chi connectivity index (χ0n) is 8.25. The second-order valence-corrected chi connectivity index (χ2v) is 4.31. The Hall–Kier alpha value is -0.830. The number of nitrogens with one attached hydrogen (secondary N) is 1. The van der Waals surface area contributed by atoms with Gasteiger partial charge in [0.2, 0.25) is 0 Å². The molecule has 0 amide bonds. The summed E-state index contributed by atoms with van der Waals surface area (Å²) in [7, 11) is 0. The average Bonchev–Trinajstić information content (AvgIpc) is 2.46. The maximum atomic E-state index is 5.73. The van der Waals surface area contributed by atoms with E-state index >= 15 is 0 Å². The molecule has 2 rings (SSSR count). The standard InChI is InChI=1S/C10H17N3/c1-6(2)9-5-12-10(13-9)7-3-8(11)4-7/h5-8H,3-4,11H2,1-2H3,(H,12,13). The molecule has 1 fully saturated rings. The molecule has 0 radical (unpaired) electrons. The second-order valence-electron chi connectivity index (χ2n) is 4.31. The van der Waals surface area contributed by atoms with E-state index in [9.17, 15) is 0 Å². The molecule has 0 spiro atoms. The van der Waals surface area contributed by atoms with Crippen molar-refractivity contribution in [3.63, 3.8) is 0 Å². The van der Waals surface area contributed by atoms with Gasteiger partial charge in [0.15, 0.2) is 0 Å². The molecule has 0 unspecified atom stereocenters. The zero-order chi connectivity index (χ0) is 9.42. The summed E-state index contributed by atoms with van der Waals surface area (Å²) in [5, 5.41) is 0. The van der Waals surface area contributed by atoms with E-state index in [1.165, 1.54) is 5.69 Å². The molecule has 3 nitrogen and oxygen atoms in total. The van der Waals surface area contributed by atoms with Crippen LogP contribution in [-0.4, -0.2) is 16.0 Å². The Morgan fingerprint density at radius 3 is 2.69 bits per heavy atom. The van der Waals surface area contributed by atoms with Crippen molar-refractivity contribution in [3.8, 4) is 0 Å². The quantitative estimate of drug-likeness (QED) is 0.726. The lowest BCUT2D eigenvalue weighted by Crippen LogP contribution is -2.35. The van der Waals surface area contributed by atoms with Crippen molar-refractivity contribution in [3.05, 3.63) is 17.7 Å². The molecule has 3 N–H and O–H groups in total. The lowest BCUT2D eigenvalue weighted by Gasteiger charge is -2.30. The second kappa shape index (κ2) is 3.14. The van der Waals surface area contributed by atoms with Crippen molar-refractivity contribution < 1.29 is 0 Å². The molecular formula is C10H17N3. The van der Waals surface area contributed by atoms with E-state index in [1.54, 1.807) is 0 Å². The van der Waals surface area contributed by atoms with Gasteiger partial charge in [-0.2, -0.15) is 0 Å². The summed E-state index contributed by atoms with van der Waals surface area (Å²) in [6.45, 7) is 4.34. The third kappa shape index (κ3) is 1.61. The molecule has 0 saturated heterocycles. The van der Waals surface area contributed by atoms with Crippen molar-refractivity contribution >= 4 is 0 Å². The summed E-state index contributed by atoms with van der Waals surface area (Å²) >= 11 is 0. The van der Waals surface area contributed by atoms with Crippen LogP contribution in [0, 0.1) is 0 Å². The number of aromatic amines is 1. The number of rotatable bonds is 2. The highest BCUT2D eigenvalue weighted by Crippen LogP contribution is 2.34. The van der Waals surface area contributed by atoms with Crippen molar-refractivity contribution in [2.24, 2.45) is 5.73 Å². The van der Waals surface area contributed by atoms with Crippen LogP contribution in [0.5, 0.6) is 0 Å². The Labute approximate surface area is 78.7 Å². The highest BCUT2D eigenvalue weighted by atomic mass is 14.9. The third-order valence-corrected chi connectivity index (χ3v) is 2.80. The topological polar surface area (TPSA) is 54.7 Å². The molecule has 1 aromatic heterocycles. The van der Waals surface area contributed by atoms with Crippen molar-refractivity contribution in [1.82, 2.24) is 9.97 Å². The van der Waals surface area contributed by atoms with Gasteiger partial charge in [-0.05, 0) is 18.8 Å². The molecule has 1 heterocycles. The van der Waals surface area contributed by atoms with Crippen LogP contribution in [0.2, 0.25) is 0 Å². The Kier molecular flexibility index (Phi) is 2.12. The number of nitrogens with two attached hydrogens (primary N) is 1. The molecule has 1 aromatic rings. The first-order valence-corrected chi connectivity index (χ1v) is 4.97. The van der Waals surface area contributed by atoms with E-state index in [-0.39, 0.29) is 0 Å². The van der Waals surface area contributed by atoms with Crippen molar-refractivity contribution in [2.45, 2.75) is 44.6 Å². The van der Waals surface area contributed by atoms with Crippen LogP contribution in [0.25, 0.3) is 0 Å². The Balaban J connectivity index is 2.06. The molecule has 0 aromatic carbocycles. The number of nitrogens with zero attached hydrogens (tertiary/aromatic N) is 1. The number of H-pyrrole nitrogens is 1. The van der Waals surface area contributed by atoms with Gasteiger partial charge in [0.25, 0.3) is 0 Å². The van der Waals surface area contributed by atoms with Gasteiger partial charge in [-0.3, -0.25) is 0 Å². The predicted molar refractivity (Wildman–Crippen MR) is 52.6 cm³/mol. The van der Waals surface area contributed by atoms with Crippen LogP contribution < -0.4 is 5.73 Å². The predicted octanol–water partition coefficient (Wildman–Crippen LogP) is 1.74. The smallest absolute Gasteiger partial charge is 0.109 e. The van der Waals surface area contributed by atoms with Crippen LogP contribution in [0.15, 0.2) is 6.20 Å². The van der Waals surface area contributed by atoms with E-state index < -0.39 is 0 Å². The van der Waals surface area contributed by atoms with Gasteiger partial charge in [0, 0.05) is 23.9 Å². The SMILES string of the molecule is CC(C)c1cnc(C2CC(N)C2)[nH]1. The minimum Gasteiger partial charge on any atom is -0.345 e. The van der Waals surface area contributed by atoms with Gasteiger partial charge in [0.05, 0.1) is 0 Å². The number of hydrogen-bond donors (Lipinski definition) is 2. The average molecular weight is 179 g/mol. The van der Waals surface area contributed by atoms with Crippen LogP contribution in [0.4, 0.5) is 0 Å². The van der Waals surface area contributed by atoms with E-state index in [0.29, 0.717) is 17.9 Å². The summed E-state index contributed by atoms with van der Waals surface area (Å²) in [6.07, 6.45) is 4.12. The van der Waals surface area contributed by atoms with E-state index in [0.717, 1.165) is 18.7 Å². The number of hydrogen-bond acceptors (Lipinski definition) is 2. The minimum atomic E-state index is 0.401. The van der Waals surface area contributed by atoms with Gasteiger partial charge in [-0.15, -0.1) is 0 Å². The van der Waals surface area contributed by atoms with Crippen LogP contribution in [0.1, 0.15) is 50.0 Å². The maximum Gasteiger partial charge on any atom is 0.109 e. The van der Waals surface area contributed by atoms with Crippen molar-refractivity contribution in [2.75, 3.05) is 0 Å². The fraction of sp³-hybridized carbons (Fsp3) is 0.700. The summed E-state index contributed by atoms with van der Waals surface area (Å²) in [5.74, 6) is 2.25. The summed E-state index contributed by atoms with van der Waals surface area (Å²) in [5.41, 5.74) is 6.96. The Morgan fingerprint density at radius 2 is 2.23 bits per heavy atom. The molecule has 13 heavy (non-hydrogen) atoms. The monoisotopic (exact) mass is 179 g/mol. The fourth-order valence-electron chi connectivity index (χ4n) is 1.74. The molecule has 72 valence electrons.